The molecule has 6 rings (SSSR count). The summed E-state index contributed by atoms with van der Waals surface area (Å²) in [5.41, 5.74) is 4.13. The fraction of sp³-hybridized carbons (Fsp3) is 0.185. The molecule has 0 radical (unpaired) electrons. The molecule has 7 heteroatoms. The number of imidazole rings is 1. The van der Waals surface area contributed by atoms with E-state index in [0.29, 0.717) is 28.8 Å². The molecule has 2 N–H and O–H groups in total. The van der Waals surface area contributed by atoms with Crippen molar-refractivity contribution in [1.29, 1.82) is 0 Å². The van der Waals surface area contributed by atoms with Crippen LogP contribution in [0.5, 0.6) is 0 Å². The summed E-state index contributed by atoms with van der Waals surface area (Å²) in [6, 6.07) is 23.1. The molecule has 34 heavy (non-hydrogen) atoms. The molecule has 1 aliphatic carbocycles. The van der Waals surface area contributed by atoms with Gasteiger partial charge in [0.25, 0.3) is 5.56 Å². The summed E-state index contributed by atoms with van der Waals surface area (Å²) in [4.78, 5) is 38.5. The van der Waals surface area contributed by atoms with Crippen LogP contribution < -0.4 is 10.9 Å². The quantitative estimate of drug-likeness (QED) is 0.388. The minimum absolute atomic E-state index is 0.0120. The van der Waals surface area contributed by atoms with Crippen LogP contribution in [0.4, 0.5) is 5.69 Å². The van der Waals surface area contributed by atoms with Crippen LogP contribution >= 0.6 is 0 Å². The first-order valence-corrected chi connectivity index (χ1v) is 11.5. The predicted molar refractivity (Wildman–Crippen MR) is 133 cm³/mol. The van der Waals surface area contributed by atoms with Crippen LogP contribution in [-0.2, 0) is 11.2 Å². The van der Waals surface area contributed by atoms with Crippen molar-refractivity contribution in [2.75, 3.05) is 5.32 Å². The highest BCUT2D eigenvalue weighted by Crippen LogP contribution is 2.35. The van der Waals surface area contributed by atoms with Gasteiger partial charge >= 0.3 is 0 Å². The number of fused-ring (bicyclic) bond motifs is 2. The van der Waals surface area contributed by atoms with E-state index in [4.69, 9.17) is 4.98 Å². The number of aromatic amines is 1. The first-order valence-electron chi connectivity index (χ1n) is 11.5. The SMILES string of the molecule is O=C(CCc1nc2ccccc2c(=O)n1C1CC1)Nc1cccc(-c2nc3ccccc3[nH]2)c1. The Hall–Kier alpha value is -4.26. The average Bonchev–Trinajstić information content (AvgIpc) is 3.59. The molecule has 2 aromatic heterocycles. The maximum absolute atomic E-state index is 13.0. The molecule has 0 saturated heterocycles. The van der Waals surface area contributed by atoms with E-state index in [1.807, 2.05) is 72.8 Å². The molecule has 0 aliphatic heterocycles. The molecular formula is C27H23N5O2. The minimum Gasteiger partial charge on any atom is -0.338 e. The number of rotatable bonds is 6. The van der Waals surface area contributed by atoms with Crippen molar-refractivity contribution in [3.05, 3.63) is 89.0 Å². The molecule has 2 heterocycles. The molecule has 7 nitrogen and oxygen atoms in total. The van der Waals surface area contributed by atoms with E-state index in [9.17, 15) is 9.59 Å². The van der Waals surface area contributed by atoms with Gasteiger partial charge in [0.05, 0.1) is 21.9 Å². The summed E-state index contributed by atoms with van der Waals surface area (Å²) in [7, 11) is 0. The van der Waals surface area contributed by atoms with Crippen molar-refractivity contribution in [3.8, 4) is 11.4 Å². The minimum atomic E-state index is -0.119. The van der Waals surface area contributed by atoms with E-state index in [0.717, 1.165) is 35.3 Å². The van der Waals surface area contributed by atoms with Crippen molar-refractivity contribution >= 4 is 33.5 Å². The number of carbonyl (C=O) groups excluding carboxylic acids is 1. The smallest absolute Gasteiger partial charge is 0.261 e. The van der Waals surface area contributed by atoms with Crippen molar-refractivity contribution in [2.24, 2.45) is 0 Å². The third-order valence-corrected chi connectivity index (χ3v) is 6.18. The number of aryl methyl sites for hydroxylation is 1. The van der Waals surface area contributed by atoms with E-state index in [1.165, 1.54) is 0 Å². The number of para-hydroxylation sites is 3. The second-order valence-electron chi connectivity index (χ2n) is 8.68. The average molecular weight is 450 g/mol. The fourth-order valence-corrected chi connectivity index (χ4v) is 4.36. The highest BCUT2D eigenvalue weighted by molar-refractivity contribution is 5.91. The van der Waals surface area contributed by atoms with Gasteiger partial charge < -0.3 is 10.3 Å². The Kier molecular flexibility index (Phi) is 4.95. The second kappa shape index (κ2) is 8.26. The van der Waals surface area contributed by atoms with Gasteiger partial charge in [-0.25, -0.2) is 9.97 Å². The molecule has 1 amide bonds. The van der Waals surface area contributed by atoms with Gasteiger partial charge in [0.2, 0.25) is 5.91 Å². The molecule has 1 saturated carbocycles. The van der Waals surface area contributed by atoms with Gasteiger partial charge in [-0.15, -0.1) is 0 Å². The van der Waals surface area contributed by atoms with E-state index in [2.05, 4.69) is 15.3 Å². The Balaban J connectivity index is 1.20. The molecule has 0 spiro atoms. The van der Waals surface area contributed by atoms with E-state index < -0.39 is 0 Å². The number of hydrogen-bond acceptors (Lipinski definition) is 4. The zero-order chi connectivity index (χ0) is 23.1. The lowest BCUT2D eigenvalue weighted by atomic mass is 10.2. The van der Waals surface area contributed by atoms with Crippen LogP contribution in [0.1, 0.15) is 31.1 Å². The number of nitrogens with zero attached hydrogens (tertiary/aromatic N) is 3. The lowest BCUT2D eigenvalue weighted by molar-refractivity contribution is -0.116. The topological polar surface area (TPSA) is 92.7 Å². The number of hydrogen-bond donors (Lipinski definition) is 2. The number of aromatic nitrogens is 4. The van der Waals surface area contributed by atoms with E-state index in [1.54, 1.807) is 4.57 Å². The summed E-state index contributed by atoms with van der Waals surface area (Å²) < 4.78 is 1.79. The van der Waals surface area contributed by atoms with Crippen LogP contribution in [0.3, 0.4) is 0 Å². The zero-order valence-electron chi connectivity index (χ0n) is 18.5. The van der Waals surface area contributed by atoms with Gasteiger partial charge in [-0.1, -0.05) is 36.4 Å². The molecule has 0 bridgehead atoms. The summed E-state index contributed by atoms with van der Waals surface area (Å²) in [5.74, 6) is 1.31. The van der Waals surface area contributed by atoms with Crippen molar-refractivity contribution in [3.63, 3.8) is 0 Å². The maximum atomic E-state index is 13.0. The zero-order valence-corrected chi connectivity index (χ0v) is 18.5. The van der Waals surface area contributed by atoms with Gasteiger partial charge in [0, 0.05) is 30.1 Å². The Labute approximate surface area is 195 Å². The largest absolute Gasteiger partial charge is 0.338 e. The van der Waals surface area contributed by atoms with Crippen molar-refractivity contribution in [2.45, 2.75) is 31.7 Å². The molecule has 1 aliphatic rings. The van der Waals surface area contributed by atoms with Gasteiger partial charge in [0.1, 0.15) is 11.6 Å². The highest BCUT2D eigenvalue weighted by Gasteiger charge is 2.28. The first kappa shape index (κ1) is 20.4. The fourth-order valence-electron chi connectivity index (χ4n) is 4.36. The maximum Gasteiger partial charge on any atom is 0.261 e. The predicted octanol–water partition coefficient (Wildman–Crippen LogP) is 4.85. The number of nitrogens with one attached hydrogen (secondary N) is 2. The lowest BCUT2D eigenvalue weighted by Gasteiger charge is -2.13. The number of anilines is 1. The molecule has 1 fully saturated rings. The van der Waals surface area contributed by atoms with Gasteiger partial charge in [-0.3, -0.25) is 14.2 Å². The monoisotopic (exact) mass is 449 g/mol. The van der Waals surface area contributed by atoms with E-state index in [-0.39, 0.29) is 23.9 Å². The number of benzene rings is 3. The van der Waals surface area contributed by atoms with Crippen LogP contribution in [0.25, 0.3) is 33.3 Å². The van der Waals surface area contributed by atoms with E-state index >= 15 is 0 Å². The van der Waals surface area contributed by atoms with Crippen LogP contribution in [0.15, 0.2) is 77.6 Å². The summed E-state index contributed by atoms with van der Waals surface area (Å²) >= 11 is 0. The van der Waals surface area contributed by atoms with Crippen molar-refractivity contribution in [1.82, 2.24) is 19.5 Å². The highest BCUT2D eigenvalue weighted by atomic mass is 16.1. The van der Waals surface area contributed by atoms with Gasteiger partial charge in [-0.2, -0.15) is 0 Å². The molecule has 3 aromatic carbocycles. The Morgan fingerprint density at radius 1 is 0.971 bits per heavy atom. The Morgan fingerprint density at radius 2 is 1.76 bits per heavy atom. The van der Waals surface area contributed by atoms with Crippen LogP contribution in [-0.4, -0.2) is 25.4 Å². The first-order chi connectivity index (χ1) is 16.7. The summed E-state index contributed by atoms with van der Waals surface area (Å²) in [5, 5.41) is 3.61. The summed E-state index contributed by atoms with van der Waals surface area (Å²) in [6.07, 6.45) is 2.61. The second-order valence-corrected chi connectivity index (χ2v) is 8.68. The normalized spacial score (nSPS) is 13.4. The Bertz CT molecular complexity index is 1560. The molecular weight excluding hydrogens is 426 g/mol. The standard InChI is InChI=1S/C27H23N5O2/c33-25(15-14-24-29-21-9-2-1-8-20(21)27(34)32(24)19-12-13-19)28-18-7-5-6-17(16-18)26-30-22-10-3-4-11-23(22)31-26/h1-11,16,19H,12-15H2,(H,28,33)(H,30,31). The molecule has 168 valence electrons. The van der Waals surface area contributed by atoms with Crippen LogP contribution in [0.2, 0.25) is 0 Å². The van der Waals surface area contributed by atoms with Gasteiger partial charge in [-0.05, 0) is 49.2 Å². The third-order valence-electron chi connectivity index (χ3n) is 6.18. The lowest BCUT2D eigenvalue weighted by Crippen LogP contribution is -2.25. The molecule has 0 unspecified atom stereocenters. The van der Waals surface area contributed by atoms with Gasteiger partial charge in [0.15, 0.2) is 0 Å². The summed E-state index contributed by atoms with van der Waals surface area (Å²) in [6.45, 7) is 0. The molecule has 5 aromatic rings. The Morgan fingerprint density at radius 3 is 2.59 bits per heavy atom. The third kappa shape index (κ3) is 3.85. The number of carbonyl (C=O) groups is 1. The molecule has 0 atom stereocenters. The number of amides is 1. The van der Waals surface area contributed by atoms with Crippen molar-refractivity contribution < 1.29 is 4.79 Å². The van der Waals surface area contributed by atoms with Crippen LogP contribution in [0, 0.1) is 0 Å². The number of H-pyrrole nitrogens is 1.